The third kappa shape index (κ3) is 5.19. The first-order valence-corrected chi connectivity index (χ1v) is 7.44. The van der Waals surface area contributed by atoms with Crippen molar-refractivity contribution in [1.29, 1.82) is 0 Å². The number of amides is 1. The van der Waals surface area contributed by atoms with Gasteiger partial charge in [-0.3, -0.25) is 9.69 Å². The summed E-state index contributed by atoms with van der Waals surface area (Å²) in [6.45, 7) is 10.3. The fourth-order valence-electron chi connectivity index (χ4n) is 2.44. The number of aliphatic carboxylic acids is 1. The summed E-state index contributed by atoms with van der Waals surface area (Å²) in [4.78, 5) is 27.2. The summed E-state index contributed by atoms with van der Waals surface area (Å²) in [5, 5.41) is 9.31. The molecule has 122 valence electrons. The van der Waals surface area contributed by atoms with E-state index in [-0.39, 0.29) is 12.6 Å². The van der Waals surface area contributed by atoms with Gasteiger partial charge in [-0.2, -0.15) is 0 Å². The van der Waals surface area contributed by atoms with Gasteiger partial charge in [0.05, 0.1) is 5.92 Å². The lowest BCUT2D eigenvalue weighted by Crippen LogP contribution is -2.55. The van der Waals surface area contributed by atoms with Crippen molar-refractivity contribution in [2.24, 2.45) is 5.92 Å². The molecule has 0 spiro atoms. The maximum atomic E-state index is 12.2. The lowest BCUT2D eigenvalue weighted by Gasteiger charge is -2.41. The normalized spacial score (nSPS) is 23.5. The number of carbonyl (C=O) groups is 2. The Hall–Kier alpha value is -1.30. The smallest absolute Gasteiger partial charge is 0.410 e. The van der Waals surface area contributed by atoms with Crippen molar-refractivity contribution in [3.63, 3.8) is 0 Å². The molecule has 1 aliphatic rings. The van der Waals surface area contributed by atoms with Gasteiger partial charge in [0.15, 0.2) is 0 Å². The lowest BCUT2D eigenvalue weighted by atomic mass is 9.93. The highest BCUT2D eigenvalue weighted by molar-refractivity contribution is 5.73. The van der Waals surface area contributed by atoms with Crippen molar-refractivity contribution < 1.29 is 19.4 Å². The number of likely N-dealkylation sites (tertiary alicyclic amines) is 1. The molecule has 0 radical (unpaired) electrons. The first-order chi connectivity index (χ1) is 9.51. The second-order valence-electron chi connectivity index (χ2n) is 7.07. The van der Waals surface area contributed by atoms with Gasteiger partial charge in [-0.1, -0.05) is 0 Å². The van der Waals surface area contributed by atoms with E-state index in [0.717, 1.165) is 0 Å². The van der Waals surface area contributed by atoms with Crippen molar-refractivity contribution in [3.05, 3.63) is 0 Å². The Morgan fingerprint density at radius 2 is 1.86 bits per heavy atom. The number of piperidine rings is 1. The highest BCUT2D eigenvalue weighted by atomic mass is 16.6. The molecular weight excluding hydrogens is 272 g/mol. The van der Waals surface area contributed by atoms with Gasteiger partial charge >= 0.3 is 12.1 Å². The van der Waals surface area contributed by atoms with Crippen molar-refractivity contribution >= 4 is 12.1 Å². The summed E-state index contributed by atoms with van der Waals surface area (Å²) >= 11 is 0. The number of hydrogen-bond acceptors (Lipinski definition) is 4. The third-order valence-corrected chi connectivity index (χ3v) is 3.82. The average molecular weight is 300 g/mol. The quantitative estimate of drug-likeness (QED) is 0.863. The minimum atomic E-state index is -0.856. The second-order valence-corrected chi connectivity index (χ2v) is 7.07. The van der Waals surface area contributed by atoms with Gasteiger partial charge < -0.3 is 14.7 Å². The molecule has 2 atom stereocenters. The van der Waals surface area contributed by atoms with Crippen LogP contribution >= 0.6 is 0 Å². The highest BCUT2D eigenvalue weighted by Crippen LogP contribution is 2.23. The van der Waals surface area contributed by atoms with Crippen molar-refractivity contribution in [3.8, 4) is 0 Å². The largest absolute Gasteiger partial charge is 0.481 e. The fraction of sp³-hybridized carbons (Fsp3) is 0.867. The summed E-state index contributed by atoms with van der Waals surface area (Å²) < 4.78 is 5.37. The molecule has 0 aliphatic carbocycles. The Labute approximate surface area is 127 Å². The Balaban J connectivity index is 2.84. The molecule has 1 rings (SSSR count). The van der Waals surface area contributed by atoms with Crippen LogP contribution in [0.25, 0.3) is 0 Å². The molecule has 0 aromatic heterocycles. The fourth-order valence-corrected chi connectivity index (χ4v) is 2.44. The van der Waals surface area contributed by atoms with Crippen LogP contribution in [0.5, 0.6) is 0 Å². The number of carboxylic acids is 1. The van der Waals surface area contributed by atoms with E-state index in [1.54, 1.807) is 20.8 Å². The monoisotopic (exact) mass is 300 g/mol. The number of carboxylic acid groups (broad SMARTS) is 1. The molecule has 1 amide bonds. The summed E-state index contributed by atoms with van der Waals surface area (Å²) in [5.41, 5.74) is -0.577. The van der Waals surface area contributed by atoms with E-state index in [2.05, 4.69) is 18.7 Å². The Morgan fingerprint density at radius 1 is 1.29 bits per heavy atom. The van der Waals surface area contributed by atoms with Crippen LogP contribution in [0.1, 0.15) is 41.0 Å². The van der Waals surface area contributed by atoms with Crippen molar-refractivity contribution in [2.75, 3.05) is 20.1 Å². The minimum absolute atomic E-state index is 0.0346. The van der Waals surface area contributed by atoms with Crippen LogP contribution in [0, 0.1) is 5.92 Å². The molecule has 6 nitrogen and oxygen atoms in total. The predicted molar refractivity (Wildman–Crippen MR) is 80.2 cm³/mol. The molecule has 0 aromatic rings. The van der Waals surface area contributed by atoms with E-state index in [4.69, 9.17) is 4.74 Å². The van der Waals surface area contributed by atoms with Crippen LogP contribution in [0.4, 0.5) is 4.79 Å². The molecule has 1 saturated heterocycles. The predicted octanol–water partition coefficient (Wildman–Crippen LogP) is 2.04. The Bertz CT molecular complexity index is 390. The van der Waals surface area contributed by atoms with Crippen LogP contribution in [-0.2, 0) is 9.53 Å². The number of ether oxygens (including phenoxy) is 1. The molecule has 0 unspecified atom stereocenters. The number of nitrogens with zero attached hydrogens (tertiary/aromatic N) is 2. The number of rotatable bonds is 3. The summed E-state index contributed by atoms with van der Waals surface area (Å²) in [6.07, 6.45) is 0.124. The molecule has 0 aromatic carbocycles. The maximum Gasteiger partial charge on any atom is 0.410 e. The van der Waals surface area contributed by atoms with Gasteiger partial charge in [0.1, 0.15) is 5.60 Å². The molecule has 0 bridgehead atoms. The molecular formula is C15H28N2O4. The molecule has 1 aliphatic heterocycles. The first-order valence-electron chi connectivity index (χ1n) is 7.44. The van der Waals surface area contributed by atoms with Gasteiger partial charge in [0.2, 0.25) is 0 Å². The van der Waals surface area contributed by atoms with Crippen LogP contribution in [0.2, 0.25) is 0 Å². The van der Waals surface area contributed by atoms with Crippen molar-refractivity contribution in [2.45, 2.75) is 58.7 Å². The maximum absolute atomic E-state index is 12.2. The van der Waals surface area contributed by atoms with Crippen LogP contribution in [-0.4, -0.2) is 64.8 Å². The van der Waals surface area contributed by atoms with Crippen LogP contribution in [0.15, 0.2) is 0 Å². The average Bonchev–Trinajstić information content (AvgIpc) is 2.35. The SMILES string of the molecule is CC(C)N(C)[C@@H]1C[C@H](C(=O)O)CN(C(=O)OC(C)(C)C)C1. The molecule has 6 heteroatoms. The molecule has 1 heterocycles. The summed E-state index contributed by atoms with van der Waals surface area (Å²) in [5.74, 6) is -1.40. The number of hydrogen-bond donors (Lipinski definition) is 1. The minimum Gasteiger partial charge on any atom is -0.481 e. The van der Waals surface area contributed by atoms with E-state index in [0.29, 0.717) is 19.0 Å². The van der Waals surface area contributed by atoms with Gasteiger partial charge in [-0.05, 0) is 48.1 Å². The zero-order valence-electron chi connectivity index (χ0n) is 13.9. The zero-order valence-corrected chi connectivity index (χ0v) is 13.9. The molecule has 21 heavy (non-hydrogen) atoms. The van der Waals surface area contributed by atoms with Gasteiger partial charge in [0.25, 0.3) is 0 Å². The van der Waals surface area contributed by atoms with Crippen LogP contribution in [0.3, 0.4) is 0 Å². The lowest BCUT2D eigenvalue weighted by molar-refractivity contribution is -0.144. The standard InChI is InChI=1S/C15H28N2O4/c1-10(2)16(6)12-7-11(13(18)19)8-17(9-12)14(20)21-15(3,4)5/h10-12H,7-9H2,1-6H3,(H,18,19)/t11-,12+/m0/s1. The van der Waals surface area contributed by atoms with E-state index in [1.165, 1.54) is 4.90 Å². The zero-order chi connectivity index (χ0) is 16.4. The van der Waals surface area contributed by atoms with Gasteiger partial charge in [0, 0.05) is 25.2 Å². The summed E-state index contributed by atoms with van der Waals surface area (Å²) in [6, 6.07) is 0.329. The van der Waals surface area contributed by atoms with E-state index >= 15 is 0 Å². The van der Waals surface area contributed by atoms with E-state index in [1.807, 2.05) is 7.05 Å². The number of likely N-dealkylation sites (N-methyl/N-ethyl adjacent to an activating group) is 1. The van der Waals surface area contributed by atoms with E-state index < -0.39 is 23.6 Å². The molecule has 1 N–H and O–H groups in total. The molecule has 0 saturated carbocycles. The summed E-state index contributed by atoms with van der Waals surface area (Å²) in [7, 11) is 1.97. The van der Waals surface area contributed by atoms with E-state index in [9.17, 15) is 14.7 Å². The van der Waals surface area contributed by atoms with Crippen LogP contribution < -0.4 is 0 Å². The third-order valence-electron chi connectivity index (χ3n) is 3.82. The Kier molecular flexibility index (Phi) is 5.61. The first kappa shape index (κ1) is 17.8. The van der Waals surface area contributed by atoms with Gasteiger partial charge in [-0.15, -0.1) is 0 Å². The molecule has 1 fully saturated rings. The topological polar surface area (TPSA) is 70.1 Å². The highest BCUT2D eigenvalue weighted by Gasteiger charge is 2.37. The number of carbonyl (C=O) groups excluding carboxylic acids is 1. The second kappa shape index (κ2) is 6.64. The van der Waals surface area contributed by atoms with Crippen molar-refractivity contribution in [1.82, 2.24) is 9.80 Å². The Morgan fingerprint density at radius 3 is 2.29 bits per heavy atom. The van der Waals surface area contributed by atoms with Gasteiger partial charge in [-0.25, -0.2) is 4.79 Å².